The topological polar surface area (TPSA) is 77.1 Å². The summed E-state index contributed by atoms with van der Waals surface area (Å²) in [5.41, 5.74) is 0.926. The fourth-order valence-electron chi connectivity index (χ4n) is 2.96. The molecule has 0 saturated carbocycles. The number of carbonyl (C=O) groups excluding carboxylic acids is 2. The lowest BCUT2D eigenvalue weighted by atomic mass is 10.1. The first-order chi connectivity index (χ1) is 15.4. The number of hydrogen-bond donors (Lipinski definition) is 1. The third-order valence-electron chi connectivity index (χ3n) is 4.84. The lowest BCUT2D eigenvalue weighted by Gasteiger charge is -2.19. The quantitative estimate of drug-likeness (QED) is 0.448. The summed E-state index contributed by atoms with van der Waals surface area (Å²) in [6.45, 7) is 7.64. The zero-order valence-corrected chi connectivity index (χ0v) is 19.8. The number of hydrogen-bond acceptors (Lipinski definition) is 5. The van der Waals surface area contributed by atoms with Crippen molar-refractivity contribution in [3.8, 4) is 17.2 Å². The average molecular weight is 463 g/mol. The maximum absolute atomic E-state index is 12.7. The van der Waals surface area contributed by atoms with Crippen LogP contribution in [0.25, 0.3) is 0 Å². The summed E-state index contributed by atoms with van der Waals surface area (Å²) >= 11 is 6.28. The molecule has 174 valence electrons. The van der Waals surface area contributed by atoms with Gasteiger partial charge in [-0.15, -0.1) is 0 Å². The molecular weight excluding hydrogens is 432 g/mol. The Hall–Kier alpha value is -2.93. The molecule has 8 heteroatoms. The molecule has 0 atom stereocenters. The minimum absolute atomic E-state index is 0.0976. The summed E-state index contributed by atoms with van der Waals surface area (Å²) in [6.07, 6.45) is 1.97. The van der Waals surface area contributed by atoms with Gasteiger partial charge in [-0.1, -0.05) is 24.9 Å². The monoisotopic (exact) mass is 462 g/mol. The zero-order chi connectivity index (χ0) is 23.5. The summed E-state index contributed by atoms with van der Waals surface area (Å²) in [4.78, 5) is 26.4. The molecule has 32 heavy (non-hydrogen) atoms. The van der Waals surface area contributed by atoms with Gasteiger partial charge in [-0.3, -0.25) is 9.59 Å². The van der Waals surface area contributed by atoms with E-state index in [4.69, 9.17) is 25.8 Å². The molecular formula is C24H31ClN2O5. The van der Waals surface area contributed by atoms with Crippen LogP contribution in [0.5, 0.6) is 17.2 Å². The maximum atomic E-state index is 12.7. The van der Waals surface area contributed by atoms with Gasteiger partial charge in [-0.05, 0) is 56.7 Å². The largest absolute Gasteiger partial charge is 0.493 e. The normalized spacial score (nSPS) is 10.4. The van der Waals surface area contributed by atoms with Crippen molar-refractivity contribution in [3.63, 3.8) is 0 Å². The smallest absolute Gasteiger partial charge is 0.260 e. The van der Waals surface area contributed by atoms with Crippen molar-refractivity contribution in [2.45, 2.75) is 33.6 Å². The number of methoxy groups -OCH3 is 1. The first kappa shape index (κ1) is 25.3. The molecule has 1 N–H and O–H groups in total. The number of likely N-dealkylation sites (N-methyl/N-ethyl adjacent to an activating group) is 1. The number of nitrogens with zero attached hydrogens (tertiary/aromatic N) is 1. The molecule has 0 spiro atoms. The van der Waals surface area contributed by atoms with Crippen LogP contribution in [0.2, 0.25) is 5.02 Å². The number of carbonyl (C=O) groups is 2. The van der Waals surface area contributed by atoms with Crippen LogP contribution >= 0.6 is 11.6 Å². The molecule has 0 saturated heterocycles. The third kappa shape index (κ3) is 7.05. The Morgan fingerprint density at radius 3 is 2.31 bits per heavy atom. The van der Waals surface area contributed by atoms with E-state index in [0.717, 1.165) is 12.8 Å². The molecule has 0 bridgehead atoms. The highest BCUT2D eigenvalue weighted by atomic mass is 35.5. The molecule has 0 fully saturated rings. The van der Waals surface area contributed by atoms with Crippen molar-refractivity contribution < 1.29 is 23.8 Å². The van der Waals surface area contributed by atoms with Crippen LogP contribution in [-0.2, 0) is 4.79 Å². The van der Waals surface area contributed by atoms with Crippen molar-refractivity contribution in [1.82, 2.24) is 4.90 Å². The van der Waals surface area contributed by atoms with E-state index in [1.807, 2.05) is 13.8 Å². The number of halogens is 1. The molecule has 0 aliphatic rings. The number of rotatable bonds is 12. The molecule has 2 aromatic carbocycles. The first-order valence-corrected chi connectivity index (χ1v) is 11.1. The van der Waals surface area contributed by atoms with Crippen molar-refractivity contribution in [2.75, 3.05) is 38.7 Å². The zero-order valence-electron chi connectivity index (χ0n) is 19.1. The van der Waals surface area contributed by atoms with Gasteiger partial charge in [0.2, 0.25) is 0 Å². The van der Waals surface area contributed by atoms with Crippen molar-refractivity contribution >= 4 is 29.1 Å². The van der Waals surface area contributed by atoms with Crippen LogP contribution in [-0.4, -0.2) is 50.1 Å². The fourth-order valence-corrected chi connectivity index (χ4v) is 3.20. The second-order valence-corrected chi connectivity index (χ2v) is 7.43. The fraction of sp³-hybridized carbons (Fsp3) is 0.417. The summed E-state index contributed by atoms with van der Waals surface area (Å²) in [6, 6.07) is 9.90. The van der Waals surface area contributed by atoms with Crippen LogP contribution < -0.4 is 19.5 Å². The highest BCUT2D eigenvalue weighted by Gasteiger charge is 2.14. The average Bonchev–Trinajstić information content (AvgIpc) is 2.79. The minimum atomic E-state index is -0.315. The first-order valence-electron chi connectivity index (χ1n) is 10.8. The summed E-state index contributed by atoms with van der Waals surface area (Å²) in [5.74, 6) is 1.04. The van der Waals surface area contributed by atoms with E-state index in [1.54, 1.807) is 41.3 Å². The van der Waals surface area contributed by atoms with Crippen LogP contribution in [0.3, 0.4) is 0 Å². The Morgan fingerprint density at radius 2 is 1.69 bits per heavy atom. The van der Waals surface area contributed by atoms with E-state index in [-0.39, 0.29) is 18.4 Å². The molecule has 0 aliphatic carbocycles. The highest BCUT2D eigenvalue weighted by Crippen LogP contribution is 2.30. The maximum Gasteiger partial charge on any atom is 0.260 e. The predicted octanol–water partition coefficient (Wildman–Crippen LogP) is 5.03. The molecule has 0 aromatic heterocycles. The van der Waals surface area contributed by atoms with Gasteiger partial charge in [0, 0.05) is 24.3 Å². The molecule has 0 radical (unpaired) electrons. The van der Waals surface area contributed by atoms with Crippen molar-refractivity contribution in [1.29, 1.82) is 0 Å². The molecule has 0 unspecified atom stereocenters. The lowest BCUT2D eigenvalue weighted by Crippen LogP contribution is -2.34. The van der Waals surface area contributed by atoms with Crippen LogP contribution in [0.15, 0.2) is 36.4 Å². The number of amides is 2. The second kappa shape index (κ2) is 12.8. The molecule has 2 rings (SSSR count). The van der Waals surface area contributed by atoms with E-state index in [2.05, 4.69) is 12.2 Å². The summed E-state index contributed by atoms with van der Waals surface area (Å²) < 4.78 is 16.6. The minimum Gasteiger partial charge on any atom is -0.493 e. The van der Waals surface area contributed by atoms with Crippen LogP contribution in [0.1, 0.15) is 44.0 Å². The predicted molar refractivity (Wildman–Crippen MR) is 126 cm³/mol. The third-order valence-corrected chi connectivity index (χ3v) is 5.13. The van der Waals surface area contributed by atoms with E-state index in [0.29, 0.717) is 53.2 Å². The van der Waals surface area contributed by atoms with Gasteiger partial charge in [0.1, 0.15) is 5.75 Å². The van der Waals surface area contributed by atoms with Gasteiger partial charge in [0.05, 0.1) is 18.7 Å². The van der Waals surface area contributed by atoms with Gasteiger partial charge in [0.15, 0.2) is 18.1 Å². The SMILES string of the molecule is CCCCOc1ccc(C(=O)Nc2ccc(OCC(=O)N(CC)CC)c(Cl)c2)cc1OC. The molecule has 7 nitrogen and oxygen atoms in total. The summed E-state index contributed by atoms with van der Waals surface area (Å²) in [7, 11) is 1.53. The standard InChI is InChI=1S/C24H31ClN2O5/c1-5-8-13-31-21-11-9-17(14-22(21)30-4)24(29)26-18-10-12-20(19(25)15-18)32-16-23(28)27(6-2)7-3/h9-12,14-15H,5-8,13,16H2,1-4H3,(H,26,29). The van der Waals surface area contributed by atoms with Crippen LogP contribution in [0.4, 0.5) is 5.69 Å². The molecule has 2 aromatic rings. The Morgan fingerprint density at radius 1 is 0.969 bits per heavy atom. The number of benzene rings is 2. The number of anilines is 1. The van der Waals surface area contributed by atoms with Crippen LogP contribution in [0, 0.1) is 0 Å². The summed E-state index contributed by atoms with van der Waals surface area (Å²) in [5, 5.41) is 3.10. The molecule has 0 aliphatic heterocycles. The van der Waals surface area contributed by atoms with E-state index in [9.17, 15) is 9.59 Å². The van der Waals surface area contributed by atoms with E-state index < -0.39 is 0 Å². The molecule has 2 amide bonds. The van der Waals surface area contributed by atoms with Gasteiger partial charge in [-0.2, -0.15) is 0 Å². The number of unbranched alkanes of at least 4 members (excludes halogenated alkanes) is 1. The van der Waals surface area contributed by atoms with Gasteiger partial charge in [-0.25, -0.2) is 0 Å². The van der Waals surface area contributed by atoms with E-state index >= 15 is 0 Å². The van der Waals surface area contributed by atoms with Gasteiger partial charge < -0.3 is 24.4 Å². The Balaban J connectivity index is 2.02. The van der Waals surface area contributed by atoms with Gasteiger partial charge >= 0.3 is 0 Å². The molecule has 0 heterocycles. The second-order valence-electron chi connectivity index (χ2n) is 7.02. The highest BCUT2D eigenvalue weighted by molar-refractivity contribution is 6.32. The number of ether oxygens (including phenoxy) is 3. The number of nitrogens with one attached hydrogen (secondary N) is 1. The van der Waals surface area contributed by atoms with E-state index in [1.165, 1.54) is 7.11 Å². The lowest BCUT2D eigenvalue weighted by molar-refractivity contribution is -0.132. The van der Waals surface area contributed by atoms with Crippen molar-refractivity contribution in [3.05, 3.63) is 47.0 Å². The van der Waals surface area contributed by atoms with Crippen molar-refractivity contribution in [2.24, 2.45) is 0 Å². The Bertz CT molecular complexity index is 915. The van der Waals surface area contributed by atoms with Gasteiger partial charge in [0.25, 0.3) is 11.8 Å². The Kier molecular flexibility index (Phi) is 10.1. The Labute approximate surface area is 194 Å².